The van der Waals surface area contributed by atoms with Crippen molar-refractivity contribution >= 4 is 46.9 Å². The van der Waals surface area contributed by atoms with Crippen LogP contribution < -0.4 is 5.43 Å². The van der Waals surface area contributed by atoms with Crippen LogP contribution in [0.3, 0.4) is 0 Å². The smallest absolute Gasteiger partial charge is 0.274 e. The normalized spacial score (nSPS) is 11.0. The Morgan fingerprint density at radius 3 is 2.72 bits per heavy atom. The molecule has 0 bridgehead atoms. The first-order chi connectivity index (χ1) is 12.0. The van der Waals surface area contributed by atoms with Crippen LogP contribution in [0.1, 0.15) is 16.1 Å². The second-order valence-electron chi connectivity index (χ2n) is 4.87. The van der Waals surface area contributed by atoms with Gasteiger partial charge in [-0.15, -0.1) is 0 Å². The molecule has 8 heteroatoms. The van der Waals surface area contributed by atoms with Gasteiger partial charge in [0.1, 0.15) is 16.7 Å². The zero-order valence-electron chi connectivity index (χ0n) is 12.5. The number of hydrazone groups is 1. The summed E-state index contributed by atoms with van der Waals surface area (Å²) in [6.07, 6.45) is 2.87. The minimum atomic E-state index is -0.467. The molecule has 126 valence electrons. The van der Waals surface area contributed by atoms with Crippen LogP contribution in [-0.4, -0.2) is 17.1 Å². The maximum absolute atomic E-state index is 11.9. The molecule has 0 aliphatic carbocycles. The predicted octanol–water partition coefficient (Wildman–Crippen LogP) is 5.07. The van der Waals surface area contributed by atoms with E-state index < -0.39 is 5.91 Å². The number of carbonyl (C=O) groups is 1. The Hall–Kier alpha value is -2.34. The lowest BCUT2D eigenvalue weighted by atomic mass is 10.2. The second-order valence-corrected chi connectivity index (χ2v) is 6.04. The van der Waals surface area contributed by atoms with Crippen molar-refractivity contribution in [2.75, 3.05) is 0 Å². The van der Waals surface area contributed by atoms with E-state index in [4.69, 9.17) is 39.2 Å². The van der Waals surface area contributed by atoms with Crippen LogP contribution >= 0.6 is 34.8 Å². The topological polar surface area (TPSA) is 67.5 Å². The predicted molar refractivity (Wildman–Crippen MR) is 98.5 cm³/mol. The zero-order valence-corrected chi connectivity index (χ0v) is 14.8. The summed E-state index contributed by atoms with van der Waals surface area (Å²) in [4.78, 5) is 15.8. The molecular weight excluding hydrogens is 385 g/mol. The van der Waals surface area contributed by atoms with Gasteiger partial charge in [0.05, 0.1) is 21.8 Å². The Bertz CT molecular complexity index is 954. The third-order valence-electron chi connectivity index (χ3n) is 3.19. The number of furan rings is 1. The van der Waals surface area contributed by atoms with E-state index in [1.54, 1.807) is 42.5 Å². The Balaban J connectivity index is 1.69. The van der Waals surface area contributed by atoms with E-state index in [1.165, 1.54) is 12.4 Å². The Labute approximate surface area is 158 Å². The first-order valence-electron chi connectivity index (χ1n) is 7.04. The largest absolute Gasteiger partial charge is 0.455 e. The van der Waals surface area contributed by atoms with Crippen LogP contribution in [0, 0.1) is 0 Å². The van der Waals surface area contributed by atoms with Crippen molar-refractivity contribution in [1.29, 1.82) is 0 Å². The van der Waals surface area contributed by atoms with Gasteiger partial charge >= 0.3 is 0 Å². The molecule has 0 aliphatic rings. The van der Waals surface area contributed by atoms with E-state index in [2.05, 4.69) is 15.5 Å². The van der Waals surface area contributed by atoms with Crippen LogP contribution in [0.25, 0.3) is 11.3 Å². The molecule has 0 aliphatic heterocycles. The van der Waals surface area contributed by atoms with E-state index in [0.717, 1.165) is 5.56 Å². The van der Waals surface area contributed by atoms with Crippen molar-refractivity contribution in [3.8, 4) is 11.3 Å². The van der Waals surface area contributed by atoms with Crippen molar-refractivity contribution < 1.29 is 9.21 Å². The molecule has 3 aromatic rings. The molecule has 1 N–H and O–H groups in total. The quantitative estimate of drug-likeness (QED) is 0.382. The number of carbonyl (C=O) groups excluding carboxylic acids is 1. The van der Waals surface area contributed by atoms with Crippen molar-refractivity contribution in [2.24, 2.45) is 5.10 Å². The fourth-order valence-corrected chi connectivity index (χ4v) is 2.50. The summed E-state index contributed by atoms with van der Waals surface area (Å²) in [6, 6.07) is 11.8. The molecule has 0 saturated heterocycles. The average Bonchev–Trinajstić information content (AvgIpc) is 3.06. The van der Waals surface area contributed by atoms with Crippen LogP contribution in [0.5, 0.6) is 0 Å². The molecule has 0 unspecified atom stereocenters. The first-order valence-corrected chi connectivity index (χ1v) is 8.17. The maximum Gasteiger partial charge on any atom is 0.274 e. The molecule has 1 aromatic carbocycles. The minimum absolute atomic E-state index is 0.107. The molecule has 2 aromatic heterocycles. The van der Waals surface area contributed by atoms with Crippen molar-refractivity contribution in [3.63, 3.8) is 0 Å². The number of hydrogen-bond donors (Lipinski definition) is 1. The molecule has 0 saturated carbocycles. The highest BCUT2D eigenvalue weighted by molar-refractivity contribution is 6.42. The number of aromatic nitrogens is 1. The van der Waals surface area contributed by atoms with Gasteiger partial charge in [0, 0.05) is 11.8 Å². The third-order valence-corrected chi connectivity index (χ3v) is 4.23. The molecule has 0 fully saturated rings. The van der Waals surface area contributed by atoms with Crippen molar-refractivity contribution in [2.45, 2.75) is 0 Å². The van der Waals surface area contributed by atoms with Gasteiger partial charge < -0.3 is 4.42 Å². The van der Waals surface area contributed by atoms with E-state index in [0.29, 0.717) is 21.6 Å². The fraction of sp³-hybridized carbons (Fsp3) is 0. The van der Waals surface area contributed by atoms with Crippen LogP contribution in [0.15, 0.2) is 58.2 Å². The third kappa shape index (κ3) is 4.20. The van der Waals surface area contributed by atoms with Gasteiger partial charge in [0.25, 0.3) is 5.91 Å². The number of nitrogens with one attached hydrogen (secondary N) is 1. The van der Waals surface area contributed by atoms with Gasteiger partial charge in [-0.2, -0.15) is 5.10 Å². The summed E-state index contributed by atoms with van der Waals surface area (Å²) >= 11 is 17.7. The van der Waals surface area contributed by atoms with Gasteiger partial charge in [-0.25, -0.2) is 10.4 Å². The Morgan fingerprint density at radius 2 is 1.96 bits per heavy atom. The number of rotatable bonds is 4. The molecule has 0 spiro atoms. The fourth-order valence-electron chi connectivity index (χ4n) is 2.00. The monoisotopic (exact) mass is 393 g/mol. The number of halogens is 3. The van der Waals surface area contributed by atoms with Crippen LogP contribution in [0.2, 0.25) is 15.2 Å². The Morgan fingerprint density at radius 1 is 1.12 bits per heavy atom. The molecule has 1 amide bonds. The molecular formula is C17H10Cl3N3O2. The minimum Gasteiger partial charge on any atom is -0.455 e. The lowest BCUT2D eigenvalue weighted by molar-refractivity contribution is 0.0955. The molecule has 25 heavy (non-hydrogen) atoms. The Kier molecular flexibility index (Phi) is 5.38. The van der Waals surface area contributed by atoms with E-state index in [9.17, 15) is 4.79 Å². The van der Waals surface area contributed by atoms with Crippen molar-refractivity contribution in [3.05, 3.63) is 75.2 Å². The van der Waals surface area contributed by atoms with E-state index in [-0.39, 0.29) is 10.7 Å². The van der Waals surface area contributed by atoms with E-state index in [1.807, 2.05) is 0 Å². The highest BCUT2D eigenvalue weighted by Gasteiger charge is 2.10. The molecule has 2 heterocycles. The summed E-state index contributed by atoms with van der Waals surface area (Å²) in [5.41, 5.74) is 3.37. The number of nitrogens with zero attached hydrogens (tertiary/aromatic N) is 2. The second kappa shape index (κ2) is 7.70. The number of amides is 1. The summed E-state index contributed by atoms with van der Waals surface area (Å²) in [6.45, 7) is 0. The number of benzene rings is 1. The lowest BCUT2D eigenvalue weighted by Crippen LogP contribution is -2.18. The van der Waals surface area contributed by atoms with Gasteiger partial charge in [-0.1, -0.05) is 34.8 Å². The summed E-state index contributed by atoms with van der Waals surface area (Å²) in [5, 5.41) is 4.86. The average molecular weight is 395 g/mol. The van der Waals surface area contributed by atoms with Gasteiger partial charge in [0.2, 0.25) is 0 Å². The summed E-state index contributed by atoms with van der Waals surface area (Å²) in [5.74, 6) is 0.589. The van der Waals surface area contributed by atoms with Crippen LogP contribution in [-0.2, 0) is 0 Å². The number of hydrogen-bond acceptors (Lipinski definition) is 4. The molecule has 3 rings (SSSR count). The van der Waals surface area contributed by atoms with Gasteiger partial charge in [-0.3, -0.25) is 4.79 Å². The van der Waals surface area contributed by atoms with Crippen LogP contribution in [0.4, 0.5) is 0 Å². The lowest BCUT2D eigenvalue weighted by Gasteiger charge is -2.00. The standard InChI is InChI=1S/C17H10Cl3N3O2/c18-13-5-3-10(8-14(13)19)15-6-4-11(25-15)9-22-23-17(24)12-2-1-7-21-16(12)20/h1-9H,(H,23,24). The van der Waals surface area contributed by atoms with Crippen molar-refractivity contribution in [1.82, 2.24) is 10.4 Å². The van der Waals surface area contributed by atoms with Gasteiger partial charge in [-0.05, 0) is 42.5 Å². The summed E-state index contributed by atoms with van der Waals surface area (Å²) in [7, 11) is 0. The molecule has 0 radical (unpaired) electrons. The molecule has 5 nitrogen and oxygen atoms in total. The SMILES string of the molecule is O=C(NN=Cc1ccc(-c2ccc(Cl)c(Cl)c2)o1)c1cccnc1Cl. The van der Waals surface area contributed by atoms with E-state index >= 15 is 0 Å². The van der Waals surface area contributed by atoms with Gasteiger partial charge in [0.15, 0.2) is 0 Å². The zero-order chi connectivity index (χ0) is 17.8. The number of pyridine rings is 1. The summed E-state index contributed by atoms with van der Waals surface area (Å²) < 4.78 is 5.64. The first kappa shape index (κ1) is 17.5. The highest BCUT2D eigenvalue weighted by atomic mass is 35.5. The molecule has 0 atom stereocenters. The highest BCUT2D eigenvalue weighted by Crippen LogP contribution is 2.29. The maximum atomic E-state index is 11.9.